The Morgan fingerprint density at radius 1 is 1.12 bits per heavy atom. The molecule has 2 aromatic rings. The summed E-state index contributed by atoms with van der Waals surface area (Å²) in [5, 5.41) is 1.29. The molecule has 5 nitrogen and oxygen atoms in total. The first kappa shape index (κ1) is 17.4. The number of hydrogen-bond acceptors (Lipinski definition) is 4. The van der Waals surface area contributed by atoms with E-state index in [1.807, 2.05) is 30.3 Å². The van der Waals surface area contributed by atoms with Crippen LogP contribution in [0.2, 0.25) is 0 Å². The third-order valence-electron chi connectivity index (χ3n) is 3.91. The summed E-state index contributed by atoms with van der Waals surface area (Å²) in [4.78, 5) is 15.6. The van der Waals surface area contributed by atoms with Crippen LogP contribution in [0, 0.1) is 0 Å². The smallest absolute Gasteiger partial charge is 0.349 e. The molecule has 0 spiro atoms. The summed E-state index contributed by atoms with van der Waals surface area (Å²) in [5.74, 6) is -0.830. The number of pyridine rings is 1. The minimum Gasteiger partial charge on any atom is -0.349 e. The molecule has 1 aliphatic carbocycles. The average Bonchev–Trinajstić information content (AvgIpc) is 3.33. The third-order valence-corrected chi connectivity index (χ3v) is 5.35. The molecule has 3 rings (SSSR count). The molecule has 1 aromatic carbocycles. The molecule has 1 heterocycles. The van der Waals surface area contributed by atoms with Gasteiger partial charge in [-0.05, 0) is 24.1 Å². The molecule has 1 amide bonds. The van der Waals surface area contributed by atoms with Crippen molar-refractivity contribution in [3.05, 3.63) is 59.8 Å². The van der Waals surface area contributed by atoms with E-state index >= 15 is 0 Å². The van der Waals surface area contributed by atoms with Gasteiger partial charge in [-0.15, -0.1) is 0 Å². The highest BCUT2D eigenvalue weighted by atomic mass is 32.2. The van der Waals surface area contributed by atoms with Crippen LogP contribution in [-0.4, -0.2) is 30.9 Å². The summed E-state index contributed by atoms with van der Waals surface area (Å²) in [7, 11) is -5.71. The molecule has 0 unspecified atom stereocenters. The Morgan fingerprint density at radius 2 is 1.80 bits per heavy atom. The summed E-state index contributed by atoms with van der Waals surface area (Å²) < 4.78 is 61.5. The lowest BCUT2D eigenvalue weighted by atomic mass is 10.1. The number of nitrogens with zero attached hydrogens (tertiary/aromatic N) is 1. The number of halogens is 3. The van der Waals surface area contributed by atoms with Gasteiger partial charge in [-0.1, -0.05) is 30.3 Å². The van der Waals surface area contributed by atoms with Crippen LogP contribution in [-0.2, 0) is 9.84 Å². The van der Waals surface area contributed by atoms with E-state index in [4.69, 9.17) is 0 Å². The standard InChI is InChI=1S/C16H13F3N2O3S/c17-16(18,19)25(23,24)15-11(7-4-8-20-15)14(22)21-13-9-12(13)10-5-2-1-3-6-10/h1-8,12-13H,9H2,(H,21,22)/t12-,13-/m1/s1. The Bertz CT molecular complexity index is 898. The quantitative estimate of drug-likeness (QED) is 0.898. The maximum absolute atomic E-state index is 12.8. The lowest BCUT2D eigenvalue weighted by molar-refractivity contribution is -0.0438. The van der Waals surface area contributed by atoms with Crippen molar-refractivity contribution in [2.75, 3.05) is 0 Å². The zero-order valence-corrected chi connectivity index (χ0v) is 13.5. The van der Waals surface area contributed by atoms with E-state index in [-0.39, 0.29) is 12.0 Å². The summed E-state index contributed by atoms with van der Waals surface area (Å²) in [6, 6.07) is 11.3. The zero-order valence-electron chi connectivity index (χ0n) is 12.7. The van der Waals surface area contributed by atoms with Crippen molar-refractivity contribution >= 4 is 15.7 Å². The van der Waals surface area contributed by atoms with Gasteiger partial charge in [0.05, 0.1) is 5.56 Å². The first-order valence-electron chi connectivity index (χ1n) is 7.34. The highest BCUT2D eigenvalue weighted by Crippen LogP contribution is 2.41. The number of aromatic nitrogens is 1. The highest BCUT2D eigenvalue weighted by molar-refractivity contribution is 7.92. The molecule has 1 saturated carbocycles. The number of sulfone groups is 1. The molecule has 2 atom stereocenters. The van der Waals surface area contributed by atoms with Crippen LogP contribution < -0.4 is 5.32 Å². The Kier molecular flexibility index (Phi) is 4.28. The van der Waals surface area contributed by atoms with Gasteiger partial charge in [0.1, 0.15) is 0 Å². The number of amides is 1. The predicted octanol–water partition coefficient (Wildman–Crippen LogP) is 2.66. The molecule has 1 aromatic heterocycles. The van der Waals surface area contributed by atoms with Gasteiger partial charge in [-0.25, -0.2) is 13.4 Å². The van der Waals surface area contributed by atoms with Gasteiger partial charge in [-0.2, -0.15) is 13.2 Å². The Labute approximate surface area is 141 Å². The summed E-state index contributed by atoms with van der Waals surface area (Å²) in [6.07, 6.45) is 1.54. The summed E-state index contributed by atoms with van der Waals surface area (Å²) >= 11 is 0. The minimum absolute atomic E-state index is 0.0597. The van der Waals surface area contributed by atoms with Gasteiger partial charge in [0.2, 0.25) is 0 Å². The molecule has 0 bridgehead atoms. The summed E-state index contributed by atoms with van der Waals surface area (Å²) in [6.45, 7) is 0. The van der Waals surface area contributed by atoms with Crippen LogP contribution in [0.3, 0.4) is 0 Å². The fraction of sp³-hybridized carbons (Fsp3) is 0.250. The molecule has 0 saturated heterocycles. The van der Waals surface area contributed by atoms with Gasteiger partial charge in [-0.3, -0.25) is 4.79 Å². The summed E-state index contributed by atoms with van der Waals surface area (Å²) in [5.41, 5.74) is -5.14. The molecule has 9 heteroatoms. The fourth-order valence-electron chi connectivity index (χ4n) is 2.56. The van der Waals surface area contributed by atoms with Gasteiger partial charge in [0, 0.05) is 18.2 Å². The topological polar surface area (TPSA) is 76.1 Å². The lowest BCUT2D eigenvalue weighted by Crippen LogP contribution is -2.31. The molecule has 1 N–H and O–H groups in total. The molecule has 1 aliphatic rings. The lowest BCUT2D eigenvalue weighted by Gasteiger charge is -2.11. The van der Waals surface area contributed by atoms with E-state index < -0.39 is 31.8 Å². The number of carbonyl (C=O) groups is 1. The van der Waals surface area contributed by atoms with Crippen molar-refractivity contribution in [1.29, 1.82) is 0 Å². The zero-order chi connectivity index (χ0) is 18.2. The molecular weight excluding hydrogens is 357 g/mol. The normalized spacial score (nSPS) is 20.1. The van der Waals surface area contributed by atoms with Crippen LogP contribution >= 0.6 is 0 Å². The number of benzene rings is 1. The van der Waals surface area contributed by atoms with Gasteiger partial charge >= 0.3 is 5.51 Å². The average molecular weight is 370 g/mol. The van der Waals surface area contributed by atoms with Gasteiger partial charge < -0.3 is 5.32 Å². The largest absolute Gasteiger partial charge is 0.503 e. The second-order valence-electron chi connectivity index (χ2n) is 5.64. The third kappa shape index (κ3) is 3.37. The number of nitrogens with one attached hydrogen (secondary N) is 1. The molecule has 1 fully saturated rings. The second-order valence-corrected chi connectivity index (χ2v) is 7.49. The van der Waals surface area contributed by atoms with Gasteiger partial charge in [0.25, 0.3) is 15.7 Å². The SMILES string of the molecule is O=C(N[C@@H]1C[C@@H]1c1ccccc1)c1cccnc1S(=O)(=O)C(F)(F)F. The minimum atomic E-state index is -5.71. The number of carbonyl (C=O) groups excluding carboxylic acids is 1. The Hall–Kier alpha value is -2.42. The van der Waals surface area contributed by atoms with E-state index in [1.54, 1.807) is 0 Å². The number of alkyl halides is 3. The monoisotopic (exact) mass is 370 g/mol. The van der Waals surface area contributed by atoms with E-state index in [1.165, 1.54) is 6.07 Å². The van der Waals surface area contributed by atoms with E-state index in [0.717, 1.165) is 17.8 Å². The number of rotatable bonds is 4. The van der Waals surface area contributed by atoms with Crippen LogP contribution in [0.25, 0.3) is 0 Å². The van der Waals surface area contributed by atoms with E-state index in [2.05, 4.69) is 10.3 Å². The van der Waals surface area contributed by atoms with E-state index in [9.17, 15) is 26.4 Å². The van der Waals surface area contributed by atoms with Crippen LogP contribution in [0.5, 0.6) is 0 Å². The van der Waals surface area contributed by atoms with Crippen molar-refractivity contribution in [1.82, 2.24) is 10.3 Å². The highest BCUT2D eigenvalue weighted by Gasteiger charge is 2.50. The van der Waals surface area contributed by atoms with Crippen molar-refractivity contribution in [3.63, 3.8) is 0 Å². The molecular formula is C16H13F3N2O3S. The molecule has 25 heavy (non-hydrogen) atoms. The first-order chi connectivity index (χ1) is 11.7. The van der Waals surface area contributed by atoms with Crippen LogP contribution in [0.1, 0.15) is 28.3 Å². The maximum Gasteiger partial charge on any atom is 0.503 e. The van der Waals surface area contributed by atoms with Crippen molar-refractivity contribution < 1.29 is 26.4 Å². The maximum atomic E-state index is 12.8. The number of hydrogen-bond donors (Lipinski definition) is 1. The predicted molar refractivity (Wildman–Crippen MR) is 82.5 cm³/mol. The molecule has 0 radical (unpaired) electrons. The fourth-order valence-corrected chi connectivity index (χ4v) is 3.43. The molecule has 132 valence electrons. The second kappa shape index (κ2) is 6.14. The Balaban J connectivity index is 1.81. The van der Waals surface area contributed by atoms with Crippen LogP contribution in [0.4, 0.5) is 13.2 Å². The van der Waals surface area contributed by atoms with Crippen LogP contribution in [0.15, 0.2) is 53.7 Å². The molecule has 0 aliphatic heterocycles. The Morgan fingerprint density at radius 3 is 2.44 bits per heavy atom. The first-order valence-corrected chi connectivity index (χ1v) is 8.82. The van der Waals surface area contributed by atoms with Gasteiger partial charge in [0.15, 0.2) is 5.03 Å². The van der Waals surface area contributed by atoms with Crippen molar-refractivity contribution in [3.8, 4) is 0 Å². The van der Waals surface area contributed by atoms with E-state index in [0.29, 0.717) is 6.42 Å². The van der Waals surface area contributed by atoms with Crippen molar-refractivity contribution in [2.24, 2.45) is 0 Å². The van der Waals surface area contributed by atoms with Crippen molar-refractivity contribution in [2.45, 2.75) is 28.9 Å².